The molecule has 0 unspecified atom stereocenters. The standard InChI is InChI=1S/Hf.2O.W. The van der Waals surface area contributed by atoms with Gasteiger partial charge in [-0.2, -0.15) is 0 Å². The van der Waals surface area contributed by atoms with Gasteiger partial charge in [-0.3, -0.25) is 0 Å². The first-order valence-corrected chi connectivity index (χ1v) is 3.04. The molecule has 0 rings (SSSR count). The molecule has 4 heavy (non-hydrogen) atoms. The van der Waals surface area contributed by atoms with Gasteiger partial charge in [0.2, 0.25) is 0 Å². The summed E-state index contributed by atoms with van der Waals surface area (Å²) in [5.41, 5.74) is 0. The van der Waals surface area contributed by atoms with Gasteiger partial charge in [-0.15, -0.1) is 0 Å². The van der Waals surface area contributed by atoms with Crippen LogP contribution in [0.3, 0.4) is 0 Å². The van der Waals surface area contributed by atoms with Crippen LogP contribution in [0.4, 0.5) is 0 Å². The van der Waals surface area contributed by atoms with Crippen LogP contribution in [0.2, 0.25) is 0 Å². The van der Waals surface area contributed by atoms with E-state index in [1.54, 1.807) is 0 Å². The van der Waals surface area contributed by atoms with Crippen molar-refractivity contribution in [3.8, 4) is 0 Å². The van der Waals surface area contributed by atoms with Crippen molar-refractivity contribution < 1.29 is 50.4 Å². The van der Waals surface area contributed by atoms with E-state index in [1.165, 1.54) is 0 Å². The Bertz CT molecular complexity index is 8.00. The molecule has 2 nitrogen and oxygen atoms in total. The minimum absolute atomic E-state index is 0.0556. The molecular formula is HfO2W. The van der Waals surface area contributed by atoms with E-state index in [1.807, 2.05) is 0 Å². The minimum atomic E-state index is 0.0556. The normalized spacial score (nSPS) is 1.75. The Morgan fingerprint density at radius 2 is 1.25 bits per heavy atom. The zero-order valence-corrected chi connectivity index (χ0v) is 8.25. The fourth-order valence-electron chi connectivity index (χ4n) is 0. The van der Waals surface area contributed by atoms with Crippen molar-refractivity contribution in [2.75, 3.05) is 0 Å². The number of rotatable bonds is 0. The summed E-state index contributed by atoms with van der Waals surface area (Å²) in [6.07, 6.45) is 0. The van der Waals surface area contributed by atoms with Gasteiger partial charge in [0.15, 0.2) is 0 Å². The van der Waals surface area contributed by atoms with Gasteiger partial charge in [0, 0.05) is 0 Å². The zero-order chi connectivity index (χ0) is 4.00. The van der Waals surface area contributed by atoms with Gasteiger partial charge in [-0.05, 0) is 0 Å². The van der Waals surface area contributed by atoms with Crippen molar-refractivity contribution in [2.45, 2.75) is 0 Å². The fourth-order valence-corrected chi connectivity index (χ4v) is 0. The van der Waals surface area contributed by atoms with Crippen LogP contribution >= 0.6 is 0 Å². The second kappa shape index (κ2) is 30.9. The van der Waals surface area contributed by atoms with Gasteiger partial charge in [-0.25, -0.2) is 0 Å². The SMILES string of the molecule is [O]=[Hf].[O]=[W]. The second-order valence-corrected chi connectivity index (χ2v) is 0. The predicted molar refractivity (Wildman–Crippen MR) is 1.37 cm³/mol. The van der Waals surface area contributed by atoms with Gasteiger partial charge in [0.25, 0.3) is 0 Å². The van der Waals surface area contributed by atoms with Crippen molar-refractivity contribution in [1.82, 2.24) is 0 Å². The molecule has 0 saturated heterocycles. The molecule has 0 amide bonds. The average Bonchev–Trinajstić information content (AvgIpc) is 1.50. The quantitative estimate of drug-likeness (QED) is 0.532. The molecule has 22 valence electrons. The summed E-state index contributed by atoms with van der Waals surface area (Å²) in [7, 11) is 0. The van der Waals surface area contributed by atoms with Gasteiger partial charge in [-0.1, -0.05) is 0 Å². The van der Waals surface area contributed by atoms with Crippen LogP contribution in [0.15, 0.2) is 0 Å². The first-order chi connectivity index (χ1) is 2.00. The Kier molecular flexibility index (Phi) is 69.1. The molecule has 0 bridgehead atoms. The molecule has 0 aliphatic carbocycles. The van der Waals surface area contributed by atoms with E-state index >= 15 is 0 Å². The van der Waals surface area contributed by atoms with Crippen molar-refractivity contribution in [3.63, 3.8) is 0 Å². The number of hydrogen-bond acceptors (Lipinski definition) is 2. The second-order valence-electron chi connectivity index (χ2n) is 0. The summed E-state index contributed by atoms with van der Waals surface area (Å²) < 4.78 is 16.7. The van der Waals surface area contributed by atoms with E-state index in [9.17, 15) is 0 Å². The molecule has 4 heteroatoms. The summed E-state index contributed by atoms with van der Waals surface area (Å²) >= 11 is 0.389. The maximum atomic E-state index is 8.39. The van der Waals surface area contributed by atoms with Gasteiger partial charge in [0.1, 0.15) is 0 Å². The van der Waals surface area contributed by atoms with E-state index in [2.05, 4.69) is 0 Å². The van der Waals surface area contributed by atoms with E-state index in [4.69, 9.17) is 6.25 Å². The topological polar surface area (TPSA) is 34.1 Å². The van der Waals surface area contributed by atoms with Crippen molar-refractivity contribution in [2.24, 2.45) is 0 Å². The average molecular weight is 394 g/mol. The summed E-state index contributed by atoms with van der Waals surface area (Å²) in [6.45, 7) is 0. The van der Waals surface area contributed by atoms with Crippen LogP contribution in [-0.4, -0.2) is 0 Å². The monoisotopic (exact) mass is 396 g/mol. The van der Waals surface area contributed by atoms with Crippen LogP contribution in [0, 0.1) is 0 Å². The molecule has 0 saturated carbocycles. The van der Waals surface area contributed by atoms with Crippen molar-refractivity contribution in [1.29, 1.82) is 0 Å². The Labute approximate surface area is 50.2 Å². The summed E-state index contributed by atoms with van der Waals surface area (Å²) in [5, 5.41) is 0. The summed E-state index contributed by atoms with van der Waals surface area (Å²) in [5.74, 6) is 0. The first kappa shape index (κ1) is 8.94. The molecule has 0 heterocycles. The predicted octanol–water partition coefficient (Wildman–Crippen LogP) is -0.243. The molecule has 0 radical (unpaired) electrons. The Balaban J connectivity index is 0. The van der Waals surface area contributed by atoms with Gasteiger partial charge in [0.05, 0.1) is 0 Å². The summed E-state index contributed by atoms with van der Waals surface area (Å²) in [4.78, 5) is 0. The van der Waals surface area contributed by atoms with Crippen molar-refractivity contribution >= 4 is 0 Å². The zero-order valence-electron chi connectivity index (χ0n) is 1.72. The Hall–Kier alpha value is 1.16. The molecule has 0 aliphatic heterocycles. The molecule has 0 atom stereocenters. The Morgan fingerprint density at radius 3 is 1.25 bits per heavy atom. The molecular weight excluding hydrogens is 394 g/mol. The molecule has 0 spiro atoms. The third kappa shape index (κ3) is 11.0. The maximum absolute atomic E-state index is 8.39. The van der Waals surface area contributed by atoms with Crippen LogP contribution in [0.1, 0.15) is 0 Å². The first-order valence-electron chi connectivity index (χ1n) is 0.371. The van der Waals surface area contributed by atoms with Crippen LogP contribution in [-0.2, 0) is 50.4 Å². The molecule has 0 N–H and O–H groups in total. The van der Waals surface area contributed by atoms with E-state index < -0.39 is 0 Å². The van der Waals surface area contributed by atoms with Gasteiger partial charge >= 0.3 is 50.4 Å². The molecule has 0 aromatic carbocycles. The molecule has 0 aliphatic rings. The summed E-state index contributed by atoms with van der Waals surface area (Å²) in [6, 6.07) is 0. The fraction of sp³-hybridized carbons (Fsp3) is 0. The molecule has 0 aromatic heterocycles. The third-order valence-corrected chi connectivity index (χ3v) is 0. The van der Waals surface area contributed by atoms with E-state index in [-0.39, 0.29) is 24.4 Å². The van der Waals surface area contributed by atoms with Crippen LogP contribution < -0.4 is 0 Å². The van der Waals surface area contributed by atoms with Gasteiger partial charge < -0.3 is 0 Å². The Morgan fingerprint density at radius 1 is 1.25 bits per heavy atom. The van der Waals surface area contributed by atoms with Crippen molar-refractivity contribution in [3.05, 3.63) is 0 Å². The van der Waals surface area contributed by atoms with Crippen LogP contribution in [0.25, 0.3) is 0 Å². The van der Waals surface area contributed by atoms with E-state index in [0.717, 1.165) is 0 Å². The van der Waals surface area contributed by atoms with E-state index in [0.29, 0.717) is 19.8 Å². The third-order valence-electron chi connectivity index (χ3n) is 0. The molecule has 0 aromatic rings. The molecule has 0 fully saturated rings. The number of hydrogen-bond donors (Lipinski definition) is 0. The van der Waals surface area contributed by atoms with Crippen LogP contribution in [0.5, 0.6) is 0 Å².